The van der Waals surface area contributed by atoms with Gasteiger partial charge in [-0.2, -0.15) is 11.8 Å². The number of hydrogen-bond donors (Lipinski definition) is 1. The van der Waals surface area contributed by atoms with E-state index in [1.54, 1.807) is 7.11 Å². The van der Waals surface area contributed by atoms with Crippen LogP contribution in [0.5, 0.6) is 0 Å². The molecule has 0 unspecified atom stereocenters. The summed E-state index contributed by atoms with van der Waals surface area (Å²) in [6.07, 6.45) is 6.42. The topological polar surface area (TPSA) is 39.1 Å². The van der Waals surface area contributed by atoms with E-state index in [1.807, 2.05) is 18.7 Å². The first kappa shape index (κ1) is 14.4. The Kier molecular flexibility index (Phi) is 7.12. The zero-order chi connectivity index (χ0) is 12.5. The average Bonchev–Trinajstić information content (AvgIpc) is 2.66. The SMILES string of the molecule is COCCCn1cc(C)nc1NCCCSC. The Morgan fingerprint density at radius 3 is 3.00 bits per heavy atom. The van der Waals surface area contributed by atoms with Crippen molar-refractivity contribution in [1.29, 1.82) is 0 Å². The van der Waals surface area contributed by atoms with E-state index in [0.717, 1.165) is 37.8 Å². The third-order valence-electron chi connectivity index (χ3n) is 2.45. The van der Waals surface area contributed by atoms with Crippen LogP contribution in [0, 0.1) is 6.92 Å². The first-order chi connectivity index (χ1) is 8.27. The molecule has 0 aromatic carbocycles. The van der Waals surface area contributed by atoms with Crippen LogP contribution in [-0.4, -0.2) is 41.8 Å². The van der Waals surface area contributed by atoms with E-state index >= 15 is 0 Å². The van der Waals surface area contributed by atoms with Gasteiger partial charge in [-0.05, 0) is 31.8 Å². The van der Waals surface area contributed by atoms with Gasteiger partial charge in [-0.3, -0.25) is 0 Å². The maximum Gasteiger partial charge on any atom is 0.203 e. The molecule has 0 saturated carbocycles. The Morgan fingerprint density at radius 2 is 2.29 bits per heavy atom. The van der Waals surface area contributed by atoms with Crippen LogP contribution < -0.4 is 5.32 Å². The van der Waals surface area contributed by atoms with E-state index < -0.39 is 0 Å². The summed E-state index contributed by atoms with van der Waals surface area (Å²) < 4.78 is 7.24. The molecular formula is C12H23N3OS. The Labute approximate surface area is 108 Å². The highest BCUT2D eigenvalue weighted by Gasteiger charge is 2.04. The molecule has 1 rings (SSSR count). The Balaban J connectivity index is 2.40. The summed E-state index contributed by atoms with van der Waals surface area (Å²) in [5.74, 6) is 2.18. The van der Waals surface area contributed by atoms with Gasteiger partial charge in [0.2, 0.25) is 5.95 Å². The van der Waals surface area contributed by atoms with Crippen molar-refractivity contribution in [3.8, 4) is 0 Å². The first-order valence-corrected chi connectivity index (χ1v) is 7.43. The van der Waals surface area contributed by atoms with Gasteiger partial charge in [-0.1, -0.05) is 0 Å². The van der Waals surface area contributed by atoms with Crippen molar-refractivity contribution in [1.82, 2.24) is 9.55 Å². The molecule has 0 atom stereocenters. The van der Waals surface area contributed by atoms with Crippen LogP contribution in [0.3, 0.4) is 0 Å². The second kappa shape index (κ2) is 8.42. The lowest BCUT2D eigenvalue weighted by Crippen LogP contribution is -2.10. The molecule has 0 aliphatic rings. The van der Waals surface area contributed by atoms with E-state index in [-0.39, 0.29) is 0 Å². The lowest BCUT2D eigenvalue weighted by molar-refractivity contribution is 0.190. The van der Waals surface area contributed by atoms with Gasteiger partial charge in [0.25, 0.3) is 0 Å². The molecule has 0 aliphatic heterocycles. The number of thioether (sulfide) groups is 1. The number of hydrogen-bond acceptors (Lipinski definition) is 4. The van der Waals surface area contributed by atoms with Crippen LogP contribution in [0.4, 0.5) is 5.95 Å². The van der Waals surface area contributed by atoms with E-state index in [2.05, 4.69) is 27.3 Å². The molecule has 1 aromatic rings. The lowest BCUT2D eigenvalue weighted by Gasteiger charge is -2.09. The number of nitrogens with one attached hydrogen (secondary N) is 1. The molecule has 1 aromatic heterocycles. The maximum absolute atomic E-state index is 5.07. The van der Waals surface area contributed by atoms with Gasteiger partial charge in [-0.15, -0.1) is 0 Å². The van der Waals surface area contributed by atoms with Crippen molar-refractivity contribution in [2.24, 2.45) is 0 Å². The zero-order valence-corrected chi connectivity index (χ0v) is 11.8. The molecule has 0 fully saturated rings. The largest absolute Gasteiger partial charge is 0.385 e. The third-order valence-corrected chi connectivity index (χ3v) is 3.15. The monoisotopic (exact) mass is 257 g/mol. The van der Waals surface area contributed by atoms with Crippen LogP contribution in [0.2, 0.25) is 0 Å². The van der Waals surface area contributed by atoms with E-state index in [0.29, 0.717) is 0 Å². The third kappa shape index (κ3) is 5.46. The Hall–Kier alpha value is -0.680. The minimum absolute atomic E-state index is 0.795. The normalized spacial score (nSPS) is 10.8. The van der Waals surface area contributed by atoms with Crippen molar-refractivity contribution in [2.75, 3.05) is 37.6 Å². The van der Waals surface area contributed by atoms with Gasteiger partial charge in [0.1, 0.15) is 0 Å². The van der Waals surface area contributed by atoms with Crippen molar-refractivity contribution in [3.05, 3.63) is 11.9 Å². The van der Waals surface area contributed by atoms with Crippen molar-refractivity contribution >= 4 is 17.7 Å². The van der Waals surface area contributed by atoms with Crippen molar-refractivity contribution in [2.45, 2.75) is 26.3 Å². The second-order valence-electron chi connectivity index (χ2n) is 4.02. The summed E-state index contributed by atoms with van der Waals surface area (Å²) in [5, 5.41) is 3.39. The fraction of sp³-hybridized carbons (Fsp3) is 0.750. The summed E-state index contributed by atoms with van der Waals surface area (Å²) in [4.78, 5) is 4.49. The number of aryl methyl sites for hydroxylation is 2. The molecule has 0 radical (unpaired) electrons. The average molecular weight is 257 g/mol. The molecule has 0 aliphatic carbocycles. The smallest absolute Gasteiger partial charge is 0.203 e. The van der Waals surface area contributed by atoms with Gasteiger partial charge in [0, 0.05) is 33.0 Å². The lowest BCUT2D eigenvalue weighted by atomic mass is 10.4. The molecule has 17 heavy (non-hydrogen) atoms. The molecule has 0 amide bonds. The van der Waals surface area contributed by atoms with E-state index in [4.69, 9.17) is 4.74 Å². The van der Waals surface area contributed by atoms with Gasteiger partial charge >= 0.3 is 0 Å². The number of imidazole rings is 1. The fourth-order valence-electron chi connectivity index (χ4n) is 1.65. The summed E-state index contributed by atoms with van der Waals surface area (Å²) >= 11 is 1.88. The van der Waals surface area contributed by atoms with Crippen LogP contribution in [0.15, 0.2) is 6.20 Å². The maximum atomic E-state index is 5.07. The molecule has 1 N–H and O–H groups in total. The molecular weight excluding hydrogens is 234 g/mol. The number of aromatic nitrogens is 2. The summed E-state index contributed by atoms with van der Waals surface area (Å²) in [6.45, 7) is 4.77. The standard InChI is InChI=1S/C12H23N3OS/c1-11-10-15(7-5-8-16-2)12(14-11)13-6-4-9-17-3/h10H,4-9H2,1-3H3,(H,13,14). The van der Waals surface area contributed by atoms with E-state index in [9.17, 15) is 0 Å². The number of ether oxygens (including phenoxy) is 1. The summed E-state index contributed by atoms with van der Waals surface area (Å²) in [7, 11) is 1.74. The van der Waals surface area contributed by atoms with Crippen molar-refractivity contribution < 1.29 is 4.74 Å². The van der Waals surface area contributed by atoms with Crippen molar-refractivity contribution in [3.63, 3.8) is 0 Å². The molecule has 5 heteroatoms. The predicted molar refractivity (Wildman–Crippen MR) is 74.9 cm³/mol. The highest BCUT2D eigenvalue weighted by atomic mass is 32.2. The van der Waals surface area contributed by atoms with E-state index in [1.165, 1.54) is 12.2 Å². The number of nitrogens with zero attached hydrogens (tertiary/aromatic N) is 2. The minimum Gasteiger partial charge on any atom is -0.385 e. The van der Waals surface area contributed by atoms with Crippen LogP contribution >= 0.6 is 11.8 Å². The molecule has 0 bridgehead atoms. The van der Waals surface area contributed by atoms with Crippen LogP contribution in [0.25, 0.3) is 0 Å². The van der Waals surface area contributed by atoms with Gasteiger partial charge in [0.15, 0.2) is 0 Å². The molecule has 0 spiro atoms. The molecule has 98 valence electrons. The van der Waals surface area contributed by atoms with Gasteiger partial charge in [0.05, 0.1) is 5.69 Å². The zero-order valence-electron chi connectivity index (χ0n) is 11.0. The molecule has 0 saturated heterocycles. The number of rotatable bonds is 9. The Morgan fingerprint density at radius 1 is 1.47 bits per heavy atom. The summed E-state index contributed by atoms with van der Waals surface area (Å²) in [5.41, 5.74) is 1.06. The molecule has 1 heterocycles. The molecule has 4 nitrogen and oxygen atoms in total. The van der Waals surface area contributed by atoms with Gasteiger partial charge < -0.3 is 14.6 Å². The quantitative estimate of drug-likeness (QED) is 0.690. The number of anilines is 1. The highest BCUT2D eigenvalue weighted by molar-refractivity contribution is 7.98. The first-order valence-electron chi connectivity index (χ1n) is 6.03. The Bertz CT molecular complexity index is 315. The highest BCUT2D eigenvalue weighted by Crippen LogP contribution is 2.09. The van der Waals surface area contributed by atoms with Gasteiger partial charge in [-0.25, -0.2) is 4.98 Å². The second-order valence-corrected chi connectivity index (χ2v) is 5.00. The fourth-order valence-corrected chi connectivity index (χ4v) is 2.09. The van der Waals surface area contributed by atoms with Crippen LogP contribution in [-0.2, 0) is 11.3 Å². The predicted octanol–water partition coefficient (Wildman–Crippen LogP) is 2.39. The summed E-state index contributed by atoms with van der Waals surface area (Å²) in [6, 6.07) is 0. The van der Waals surface area contributed by atoms with Crippen LogP contribution in [0.1, 0.15) is 18.5 Å². The number of methoxy groups -OCH3 is 1. The minimum atomic E-state index is 0.795.